The maximum Gasteiger partial charge on any atom is 0.284 e. The third-order valence-corrected chi connectivity index (χ3v) is 3.22. The van der Waals surface area contributed by atoms with Gasteiger partial charge in [-0.15, -0.1) is 0 Å². The molecule has 128 valence electrons. The maximum absolute atomic E-state index is 12.3. The normalized spacial score (nSPS) is 12.1. The number of carbonyl (C=O) groups excluding carboxylic acids is 1. The number of allylic oxidation sites excluding steroid dienone is 1. The highest BCUT2D eigenvalue weighted by Gasteiger charge is 2.30. The second kappa shape index (κ2) is 7.84. The molecule has 0 atom stereocenters. The first kappa shape index (κ1) is 19.5. The number of nitriles is 1. The lowest BCUT2D eigenvalue weighted by Crippen LogP contribution is -2.22. The Bertz CT molecular complexity index is 729. The van der Waals surface area contributed by atoms with E-state index in [1.165, 1.54) is 12.1 Å². The fraction of sp³-hybridized carbons (Fsp3) is 0.375. The van der Waals surface area contributed by atoms with Gasteiger partial charge < -0.3 is 9.84 Å². The van der Waals surface area contributed by atoms with Crippen LogP contribution in [-0.4, -0.2) is 28.2 Å². The number of rotatable bonds is 6. The molecule has 0 aliphatic carbocycles. The van der Waals surface area contributed by atoms with Crippen molar-refractivity contribution >= 4 is 29.9 Å². The van der Waals surface area contributed by atoms with Gasteiger partial charge in [0, 0.05) is 11.2 Å². The van der Waals surface area contributed by atoms with Crippen molar-refractivity contribution in [2.75, 3.05) is 12.4 Å². The van der Waals surface area contributed by atoms with Gasteiger partial charge >= 0.3 is 0 Å². The Morgan fingerprint density at radius 2 is 2.08 bits per heavy atom. The Labute approximate surface area is 145 Å². The van der Waals surface area contributed by atoms with Crippen LogP contribution in [0.25, 0.3) is 5.76 Å². The van der Waals surface area contributed by atoms with E-state index < -0.39 is 33.1 Å². The molecule has 0 aliphatic rings. The summed E-state index contributed by atoms with van der Waals surface area (Å²) >= 11 is 3.98. The lowest BCUT2D eigenvalue weighted by Gasteiger charge is -2.16. The SMILES string of the molecule is CC(C)(C)C(=O)C(C#N)=C(O)c1ccc(OCCS)cc1[N+](=O)[O-]. The minimum atomic E-state index is -0.913. The standard InChI is InChI=1S/C16H18N2O5S/c1-16(2,3)15(20)12(9-17)14(19)11-5-4-10(23-6-7-24)8-13(11)18(21)22/h4-5,8,19,24H,6-7H2,1-3H3. The van der Waals surface area contributed by atoms with Gasteiger partial charge in [-0.1, -0.05) is 20.8 Å². The molecular weight excluding hydrogens is 332 g/mol. The lowest BCUT2D eigenvalue weighted by atomic mass is 9.85. The predicted octanol–water partition coefficient (Wildman–Crippen LogP) is 3.31. The zero-order chi connectivity index (χ0) is 18.5. The first-order chi connectivity index (χ1) is 11.1. The van der Waals surface area contributed by atoms with Gasteiger partial charge in [0.25, 0.3) is 5.69 Å². The highest BCUT2D eigenvalue weighted by Crippen LogP contribution is 2.32. The smallest absolute Gasteiger partial charge is 0.284 e. The second-order valence-corrected chi connectivity index (χ2v) is 6.37. The molecule has 0 aromatic heterocycles. The van der Waals surface area contributed by atoms with Crippen LogP contribution in [0.3, 0.4) is 0 Å². The van der Waals surface area contributed by atoms with Crippen molar-refractivity contribution in [2.45, 2.75) is 20.8 Å². The van der Waals surface area contributed by atoms with Crippen molar-refractivity contribution in [3.05, 3.63) is 39.4 Å². The quantitative estimate of drug-likeness (QED) is 0.203. The monoisotopic (exact) mass is 350 g/mol. The van der Waals surface area contributed by atoms with E-state index >= 15 is 0 Å². The fourth-order valence-corrected chi connectivity index (χ4v) is 1.93. The Hall–Kier alpha value is -2.53. The largest absolute Gasteiger partial charge is 0.506 e. The summed E-state index contributed by atoms with van der Waals surface area (Å²) in [4.78, 5) is 22.8. The van der Waals surface area contributed by atoms with Crippen LogP contribution in [0.4, 0.5) is 5.69 Å². The molecule has 1 rings (SSSR count). The molecule has 0 radical (unpaired) electrons. The highest BCUT2D eigenvalue weighted by molar-refractivity contribution is 7.80. The lowest BCUT2D eigenvalue weighted by molar-refractivity contribution is -0.385. The number of hydrogen-bond acceptors (Lipinski definition) is 7. The van der Waals surface area contributed by atoms with E-state index in [1.807, 2.05) is 0 Å². The minimum Gasteiger partial charge on any atom is -0.506 e. The molecule has 0 amide bonds. The van der Waals surface area contributed by atoms with E-state index in [2.05, 4.69) is 12.6 Å². The van der Waals surface area contributed by atoms with Crippen molar-refractivity contribution < 1.29 is 19.6 Å². The van der Waals surface area contributed by atoms with Gasteiger partial charge in [-0.3, -0.25) is 14.9 Å². The molecular formula is C16H18N2O5S. The number of aliphatic hydroxyl groups excluding tert-OH is 1. The molecule has 7 nitrogen and oxygen atoms in total. The third-order valence-electron chi connectivity index (χ3n) is 3.04. The predicted molar refractivity (Wildman–Crippen MR) is 92.1 cm³/mol. The van der Waals surface area contributed by atoms with Gasteiger partial charge in [-0.25, -0.2) is 0 Å². The van der Waals surface area contributed by atoms with Crippen molar-refractivity contribution in [3.63, 3.8) is 0 Å². The van der Waals surface area contributed by atoms with E-state index in [9.17, 15) is 25.3 Å². The van der Waals surface area contributed by atoms with Crippen LogP contribution in [0, 0.1) is 26.9 Å². The molecule has 1 N–H and O–H groups in total. The van der Waals surface area contributed by atoms with Crippen LogP contribution in [0.15, 0.2) is 23.8 Å². The van der Waals surface area contributed by atoms with Gasteiger partial charge in [0.2, 0.25) is 0 Å². The number of aliphatic hydroxyl groups is 1. The third kappa shape index (κ3) is 4.49. The summed E-state index contributed by atoms with van der Waals surface area (Å²) < 4.78 is 5.26. The van der Waals surface area contributed by atoms with E-state index in [4.69, 9.17) is 4.74 Å². The summed E-state index contributed by atoms with van der Waals surface area (Å²) in [5, 5.41) is 30.8. The molecule has 1 aromatic carbocycles. The van der Waals surface area contributed by atoms with E-state index in [0.29, 0.717) is 5.75 Å². The summed E-state index contributed by atoms with van der Waals surface area (Å²) in [6.45, 7) is 5.02. The zero-order valence-corrected chi connectivity index (χ0v) is 14.5. The number of Topliss-reactive ketones (excluding diaryl/α,β-unsaturated/α-hetero) is 1. The average Bonchev–Trinajstić information content (AvgIpc) is 2.52. The number of ketones is 1. The van der Waals surface area contributed by atoms with E-state index in [-0.39, 0.29) is 17.9 Å². The number of benzene rings is 1. The molecule has 0 saturated heterocycles. The molecule has 0 fully saturated rings. The molecule has 0 unspecified atom stereocenters. The number of carbonyl (C=O) groups is 1. The Morgan fingerprint density at radius 3 is 2.54 bits per heavy atom. The van der Waals surface area contributed by atoms with Crippen molar-refractivity contribution in [3.8, 4) is 11.8 Å². The van der Waals surface area contributed by atoms with Crippen LogP contribution in [0.2, 0.25) is 0 Å². The molecule has 0 bridgehead atoms. The van der Waals surface area contributed by atoms with Crippen molar-refractivity contribution in [1.82, 2.24) is 0 Å². The van der Waals surface area contributed by atoms with Gasteiger partial charge in [0.05, 0.1) is 23.2 Å². The van der Waals surface area contributed by atoms with Gasteiger partial charge in [0.1, 0.15) is 17.4 Å². The molecule has 1 aromatic rings. The molecule has 0 heterocycles. The number of hydrogen-bond donors (Lipinski definition) is 2. The van der Waals surface area contributed by atoms with Crippen molar-refractivity contribution in [1.29, 1.82) is 5.26 Å². The average molecular weight is 350 g/mol. The molecule has 0 spiro atoms. The number of thiol groups is 1. The summed E-state index contributed by atoms with van der Waals surface area (Å²) in [7, 11) is 0. The Balaban J connectivity index is 3.48. The van der Waals surface area contributed by atoms with Crippen LogP contribution >= 0.6 is 12.6 Å². The first-order valence-electron chi connectivity index (χ1n) is 7.04. The summed E-state index contributed by atoms with van der Waals surface area (Å²) in [5.74, 6) is -0.663. The minimum absolute atomic E-state index is 0.215. The van der Waals surface area contributed by atoms with Crippen LogP contribution in [0.1, 0.15) is 26.3 Å². The number of nitrogens with zero attached hydrogens (tertiary/aromatic N) is 2. The Morgan fingerprint density at radius 1 is 1.46 bits per heavy atom. The number of ether oxygens (including phenoxy) is 1. The van der Waals surface area contributed by atoms with Gasteiger partial charge in [0.15, 0.2) is 11.5 Å². The van der Waals surface area contributed by atoms with Crippen LogP contribution in [0.5, 0.6) is 5.75 Å². The van der Waals surface area contributed by atoms with Crippen molar-refractivity contribution in [2.24, 2.45) is 5.41 Å². The van der Waals surface area contributed by atoms with Gasteiger partial charge in [-0.2, -0.15) is 17.9 Å². The molecule has 0 aliphatic heterocycles. The maximum atomic E-state index is 12.3. The zero-order valence-electron chi connectivity index (χ0n) is 13.6. The fourth-order valence-electron chi connectivity index (χ4n) is 1.84. The Kier molecular flexibility index (Phi) is 6.37. The second-order valence-electron chi connectivity index (χ2n) is 5.92. The summed E-state index contributed by atoms with van der Waals surface area (Å²) in [6.07, 6.45) is 0. The molecule has 24 heavy (non-hydrogen) atoms. The van der Waals surface area contributed by atoms with Crippen LogP contribution < -0.4 is 4.74 Å². The van der Waals surface area contributed by atoms with Crippen LogP contribution in [-0.2, 0) is 4.79 Å². The number of nitro groups is 1. The topological polar surface area (TPSA) is 113 Å². The molecule has 8 heteroatoms. The summed E-state index contributed by atoms with van der Waals surface area (Å²) in [5.41, 5.74) is -2.11. The highest BCUT2D eigenvalue weighted by atomic mass is 32.1. The van der Waals surface area contributed by atoms with Gasteiger partial charge in [-0.05, 0) is 12.1 Å². The van der Waals surface area contributed by atoms with E-state index in [1.54, 1.807) is 26.8 Å². The molecule has 0 saturated carbocycles. The summed E-state index contributed by atoms with van der Waals surface area (Å²) in [6, 6.07) is 5.43. The first-order valence-corrected chi connectivity index (χ1v) is 7.67. The number of nitro benzene ring substituents is 1. The van der Waals surface area contributed by atoms with E-state index in [0.717, 1.165) is 6.07 Å².